The average molecular weight is 166 g/mol. The zero-order chi connectivity index (χ0) is 8.29. The Balaban J connectivity index is 1.94. The molecule has 0 spiro atoms. The van der Waals surface area contributed by atoms with Gasteiger partial charge < -0.3 is 4.74 Å². The summed E-state index contributed by atoms with van der Waals surface area (Å²) >= 11 is 0. The number of rotatable bonds is 0. The molecule has 12 heavy (non-hydrogen) atoms. The van der Waals surface area contributed by atoms with Crippen LogP contribution in [0.4, 0.5) is 0 Å². The summed E-state index contributed by atoms with van der Waals surface area (Å²) in [5.74, 6) is 3.29. The van der Waals surface area contributed by atoms with Crippen LogP contribution in [0.1, 0.15) is 19.8 Å². The largest absolute Gasteiger partial charge is 0.465 e. The van der Waals surface area contributed by atoms with Crippen molar-refractivity contribution in [3.05, 3.63) is 0 Å². The Labute approximate surface area is 72.3 Å². The number of hydrogen-bond donors (Lipinski definition) is 0. The monoisotopic (exact) mass is 166 g/mol. The lowest BCUT2D eigenvalue weighted by atomic mass is 9.76. The number of ether oxygens (including phenoxy) is 1. The third kappa shape index (κ3) is 0.644. The highest BCUT2D eigenvalue weighted by atomic mass is 16.5. The maximum absolute atomic E-state index is 11.3. The predicted octanol–water partition coefficient (Wildman–Crippen LogP) is 1.45. The molecule has 3 fully saturated rings. The molecule has 2 heteroatoms. The standard InChI is InChI=1S/C10H14O2/c1-5-2-6-3-7(5)8-4-12-10(11)9(6)8/h5-9H,2-4H2,1H3/t5-,6?,7-,8?,9?/m1/s1. The summed E-state index contributed by atoms with van der Waals surface area (Å²) in [5, 5.41) is 0. The maximum atomic E-state index is 11.3. The Morgan fingerprint density at radius 3 is 3.00 bits per heavy atom. The third-order valence-corrected chi connectivity index (χ3v) is 4.19. The highest BCUT2D eigenvalue weighted by Crippen LogP contribution is 2.57. The topological polar surface area (TPSA) is 26.3 Å². The molecule has 3 rings (SSSR count). The molecular formula is C10H14O2. The third-order valence-electron chi connectivity index (χ3n) is 4.19. The second-order valence-electron chi connectivity index (χ2n) is 4.69. The van der Waals surface area contributed by atoms with Gasteiger partial charge in [0.25, 0.3) is 0 Å². The van der Waals surface area contributed by atoms with Crippen molar-refractivity contribution in [2.45, 2.75) is 19.8 Å². The van der Waals surface area contributed by atoms with E-state index in [1.807, 2.05) is 0 Å². The highest BCUT2D eigenvalue weighted by Gasteiger charge is 2.57. The van der Waals surface area contributed by atoms with E-state index >= 15 is 0 Å². The van der Waals surface area contributed by atoms with E-state index in [9.17, 15) is 4.79 Å². The van der Waals surface area contributed by atoms with E-state index in [0.29, 0.717) is 17.8 Å². The molecule has 2 saturated carbocycles. The van der Waals surface area contributed by atoms with Crippen molar-refractivity contribution in [1.82, 2.24) is 0 Å². The lowest BCUT2D eigenvalue weighted by Crippen LogP contribution is -2.27. The van der Waals surface area contributed by atoms with Crippen LogP contribution in [0.5, 0.6) is 0 Å². The Morgan fingerprint density at radius 1 is 1.33 bits per heavy atom. The van der Waals surface area contributed by atoms with Crippen LogP contribution in [0.2, 0.25) is 0 Å². The number of hydrogen-bond acceptors (Lipinski definition) is 2. The molecule has 3 unspecified atom stereocenters. The molecular weight excluding hydrogens is 152 g/mol. The lowest BCUT2D eigenvalue weighted by Gasteiger charge is -2.25. The molecule has 66 valence electrons. The van der Waals surface area contributed by atoms with Crippen LogP contribution in [0.25, 0.3) is 0 Å². The molecule has 2 bridgehead atoms. The van der Waals surface area contributed by atoms with Gasteiger partial charge in [-0.15, -0.1) is 0 Å². The average Bonchev–Trinajstić information content (AvgIpc) is 2.62. The maximum Gasteiger partial charge on any atom is 0.309 e. The highest BCUT2D eigenvalue weighted by molar-refractivity contribution is 5.76. The smallest absolute Gasteiger partial charge is 0.309 e. The number of carbonyl (C=O) groups excluding carboxylic acids is 1. The zero-order valence-corrected chi connectivity index (χ0v) is 7.32. The van der Waals surface area contributed by atoms with Gasteiger partial charge in [0.1, 0.15) is 0 Å². The number of carbonyl (C=O) groups is 1. The van der Waals surface area contributed by atoms with Gasteiger partial charge in [-0.1, -0.05) is 6.92 Å². The quantitative estimate of drug-likeness (QED) is 0.509. The van der Waals surface area contributed by atoms with E-state index in [0.717, 1.165) is 18.4 Å². The van der Waals surface area contributed by atoms with Crippen molar-refractivity contribution in [2.24, 2.45) is 29.6 Å². The first kappa shape index (κ1) is 6.93. The van der Waals surface area contributed by atoms with Gasteiger partial charge in [0, 0.05) is 5.92 Å². The van der Waals surface area contributed by atoms with Crippen LogP contribution in [0.15, 0.2) is 0 Å². The Kier molecular flexibility index (Phi) is 1.18. The van der Waals surface area contributed by atoms with E-state index in [1.165, 1.54) is 12.8 Å². The van der Waals surface area contributed by atoms with Crippen LogP contribution in [0.3, 0.4) is 0 Å². The van der Waals surface area contributed by atoms with Crippen LogP contribution in [-0.2, 0) is 9.53 Å². The summed E-state index contributed by atoms with van der Waals surface area (Å²) in [6.07, 6.45) is 2.56. The summed E-state index contributed by atoms with van der Waals surface area (Å²) in [5.41, 5.74) is 0. The molecule has 3 aliphatic rings. The molecule has 2 aliphatic carbocycles. The van der Waals surface area contributed by atoms with Crippen molar-refractivity contribution in [2.75, 3.05) is 6.61 Å². The predicted molar refractivity (Wildman–Crippen MR) is 43.3 cm³/mol. The van der Waals surface area contributed by atoms with Crippen molar-refractivity contribution in [3.63, 3.8) is 0 Å². The van der Waals surface area contributed by atoms with Crippen molar-refractivity contribution >= 4 is 5.97 Å². The van der Waals surface area contributed by atoms with Crippen molar-refractivity contribution in [3.8, 4) is 0 Å². The molecule has 1 saturated heterocycles. The second-order valence-corrected chi connectivity index (χ2v) is 4.69. The number of esters is 1. The summed E-state index contributed by atoms with van der Waals surface area (Å²) in [6.45, 7) is 3.04. The summed E-state index contributed by atoms with van der Waals surface area (Å²) < 4.78 is 5.11. The Hall–Kier alpha value is -0.530. The van der Waals surface area contributed by atoms with Gasteiger partial charge >= 0.3 is 5.97 Å². The van der Waals surface area contributed by atoms with Gasteiger partial charge in [0.15, 0.2) is 0 Å². The van der Waals surface area contributed by atoms with E-state index in [4.69, 9.17) is 4.74 Å². The SMILES string of the molecule is C[C@@H]1CC2C[C@H]1C1COC(=O)C21. The Morgan fingerprint density at radius 2 is 2.17 bits per heavy atom. The van der Waals surface area contributed by atoms with Crippen LogP contribution in [-0.4, -0.2) is 12.6 Å². The van der Waals surface area contributed by atoms with Gasteiger partial charge in [0.2, 0.25) is 0 Å². The minimum Gasteiger partial charge on any atom is -0.465 e. The fourth-order valence-corrected chi connectivity index (χ4v) is 3.71. The normalized spacial score (nSPS) is 55.8. The van der Waals surface area contributed by atoms with E-state index in [2.05, 4.69) is 6.92 Å². The molecule has 1 aliphatic heterocycles. The van der Waals surface area contributed by atoms with Crippen LogP contribution in [0, 0.1) is 29.6 Å². The first-order chi connectivity index (χ1) is 5.77. The van der Waals surface area contributed by atoms with Gasteiger partial charge in [0.05, 0.1) is 12.5 Å². The second kappa shape index (κ2) is 2.04. The zero-order valence-electron chi connectivity index (χ0n) is 7.32. The fraction of sp³-hybridized carbons (Fsp3) is 0.900. The summed E-state index contributed by atoms with van der Waals surface area (Å²) in [6, 6.07) is 0. The lowest BCUT2D eigenvalue weighted by molar-refractivity contribution is -0.142. The molecule has 0 amide bonds. The number of fused-ring (bicyclic) bond motifs is 5. The fourth-order valence-electron chi connectivity index (χ4n) is 3.71. The summed E-state index contributed by atoms with van der Waals surface area (Å²) in [7, 11) is 0. The van der Waals surface area contributed by atoms with Crippen molar-refractivity contribution in [1.29, 1.82) is 0 Å². The molecule has 1 heterocycles. The number of cyclic esters (lactones) is 1. The molecule has 0 radical (unpaired) electrons. The molecule has 0 aromatic heterocycles. The molecule has 2 nitrogen and oxygen atoms in total. The van der Waals surface area contributed by atoms with E-state index in [1.54, 1.807) is 0 Å². The summed E-state index contributed by atoms with van der Waals surface area (Å²) in [4.78, 5) is 11.3. The van der Waals surface area contributed by atoms with E-state index < -0.39 is 0 Å². The van der Waals surface area contributed by atoms with Gasteiger partial charge in [-0.2, -0.15) is 0 Å². The van der Waals surface area contributed by atoms with Crippen molar-refractivity contribution < 1.29 is 9.53 Å². The molecule has 0 N–H and O–H groups in total. The van der Waals surface area contributed by atoms with Gasteiger partial charge in [-0.25, -0.2) is 0 Å². The first-order valence-electron chi connectivity index (χ1n) is 4.94. The molecule has 5 atom stereocenters. The Bertz CT molecular complexity index is 236. The minimum atomic E-state index is 0.0967. The first-order valence-corrected chi connectivity index (χ1v) is 4.94. The minimum absolute atomic E-state index is 0.0967. The van der Waals surface area contributed by atoms with Crippen LogP contribution < -0.4 is 0 Å². The van der Waals surface area contributed by atoms with Gasteiger partial charge in [-0.05, 0) is 30.6 Å². The van der Waals surface area contributed by atoms with Crippen LogP contribution >= 0.6 is 0 Å². The molecule has 0 aromatic carbocycles. The molecule has 0 aromatic rings. The van der Waals surface area contributed by atoms with Gasteiger partial charge in [-0.3, -0.25) is 4.79 Å². The van der Waals surface area contributed by atoms with E-state index in [-0.39, 0.29) is 5.97 Å².